The average molecular weight is 1710 g/mol. The molecule has 0 saturated heterocycles. The van der Waals surface area contributed by atoms with E-state index in [1.54, 1.807) is 0 Å². The summed E-state index contributed by atoms with van der Waals surface area (Å²) in [7, 11) is 0. The van der Waals surface area contributed by atoms with E-state index in [2.05, 4.69) is 317 Å². The molecule has 594 valence electrons. The summed E-state index contributed by atoms with van der Waals surface area (Å²) in [4.78, 5) is 26.2. The van der Waals surface area contributed by atoms with Crippen molar-refractivity contribution in [2.75, 3.05) is 0 Å². The molecule has 10 nitrogen and oxygen atoms in total. The van der Waals surface area contributed by atoms with Crippen LogP contribution in [0.5, 0.6) is 0 Å². The van der Waals surface area contributed by atoms with Crippen LogP contribution in [0.2, 0.25) is 0 Å². The molecular formula is C115H58N8O2S4. The molecular weight excluding hydrogens is 1650 g/mol. The first-order chi connectivity index (χ1) is 63.9. The number of hydrogen-bond acceptors (Lipinski definition) is 11. The van der Waals surface area contributed by atoms with Gasteiger partial charge in [0.1, 0.15) is 39.0 Å². The van der Waals surface area contributed by atoms with Gasteiger partial charge in [0.05, 0.1) is 60.7 Å². The maximum absolute atomic E-state index is 6.24. The van der Waals surface area contributed by atoms with Crippen LogP contribution in [0.4, 0.5) is 0 Å². The third-order valence-corrected chi connectivity index (χ3v) is 32.3. The van der Waals surface area contributed by atoms with Crippen LogP contribution < -0.4 is 0 Å². The van der Waals surface area contributed by atoms with Crippen LogP contribution in [0.25, 0.3) is 306 Å². The van der Waals surface area contributed by atoms with Crippen LogP contribution in [-0.2, 0) is 0 Å². The van der Waals surface area contributed by atoms with E-state index in [9.17, 15) is 0 Å². The number of hydrogen-bond donors (Lipinski definition) is 0. The molecule has 33 rings (SSSR count). The summed E-state index contributed by atoms with van der Waals surface area (Å²) in [6.07, 6.45) is 0. The Morgan fingerprint density at radius 1 is 0.202 bits per heavy atom. The number of nitrogens with zero attached hydrogens (tertiary/aromatic N) is 8. The lowest BCUT2D eigenvalue weighted by Crippen LogP contribution is -1.89. The van der Waals surface area contributed by atoms with Gasteiger partial charge in [0.25, 0.3) is 0 Å². The highest BCUT2D eigenvalue weighted by Gasteiger charge is 2.30. The molecule has 0 saturated carbocycles. The van der Waals surface area contributed by atoms with Crippen molar-refractivity contribution in [3.63, 3.8) is 0 Å². The van der Waals surface area contributed by atoms with Gasteiger partial charge in [-0.05, 0) is 185 Å². The van der Waals surface area contributed by atoms with Gasteiger partial charge < -0.3 is 8.83 Å². The topological polar surface area (TPSA) is 104 Å². The molecule has 0 aliphatic heterocycles. The molecule has 0 bridgehead atoms. The van der Waals surface area contributed by atoms with E-state index in [4.69, 9.17) is 33.8 Å². The van der Waals surface area contributed by atoms with Crippen molar-refractivity contribution in [1.29, 1.82) is 0 Å². The van der Waals surface area contributed by atoms with Crippen molar-refractivity contribution in [1.82, 2.24) is 38.1 Å². The Labute approximate surface area is 744 Å². The molecule has 0 N–H and O–H groups in total. The van der Waals surface area contributed by atoms with Crippen molar-refractivity contribution < 1.29 is 8.83 Å². The van der Waals surface area contributed by atoms with E-state index in [1.807, 2.05) is 93.9 Å². The van der Waals surface area contributed by atoms with E-state index in [0.717, 1.165) is 122 Å². The van der Waals surface area contributed by atoms with Crippen molar-refractivity contribution in [3.8, 4) is 33.4 Å². The van der Waals surface area contributed by atoms with Crippen molar-refractivity contribution in [2.45, 2.75) is 0 Å². The van der Waals surface area contributed by atoms with Gasteiger partial charge in [-0.3, -0.25) is 13.2 Å². The van der Waals surface area contributed by atoms with Crippen LogP contribution in [-0.4, -0.2) is 38.1 Å². The second-order valence-electron chi connectivity index (χ2n) is 34.3. The molecule has 14 heteroatoms. The molecule has 0 radical (unpaired) electrons. The summed E-state index contributed by atoms with van der Waals surface area (Å²) < 4.78 is 30.0. The Hall–Kier alpha value is -16.1. The Kier molecular flexibility index (Phi) is 13.6. The number of furan rings is 2. The minimum Gasteiger partial charge on any atom is -0.456 e. The van der Waals surface area contributed by atoms with Crippen molar-refractivity contribution >= 4 is 318 Å². The average Bonchev–Trinajstić information content (AvgIpc) is 1.53. The number of aromatic nitrogens is 8. The molecule has 0 spiro atoms. The second-order valence-corrected chi connectivity index (χ2v) is 38.5. The highest BCUT2D eigenvalue weighted by atomic mass is 32.1. The first-order valence-corrected chi connectivity index (χ1v) is 46.7. The molecule has 15 heterocycles. The zero-order valence-corrected chi connectivity index (χ0v) is 71.3. The maximum Gasteiger partial charge on any atom is 0.165 e. The largest absolute Gasteiger partial charge is 0.456 e. The summed E-state index contributed by atoms with van der Waals surface area (Å²) in [5.41, 5.74) is 27.6. The van der Waals surface area contributed by atoms with Crippen LogP contribution in [0, 0.1) is 0 Å². The predicted molar refractivity (Wildman–Crippen MR) is 547 cm³/mol. The summed E-state index contributed by atoms with van der Waals surface area (Å²) in [6, 6.07) is 126. The van der Waals surface area contributed by atoms with Crippen molar-refractivity contribution in [3.05, 3.63) is 352 Å². The lowest BCUT2D eigenvalue weighted by Gasteiger charge is -2.06. The van der Waals surface area contributed by atoms with Gasteiger partial charge in [-0.1, -0.05) is 200 Å². The molecule has 0 fully saturated rings. The molecule has 0 atom stereocenters. The Bertz CT molecular complexity index is 10800. The molecule has 15 aromatic heterocycles. The number of para-hydroxylation sites is 7. The molecule has 18 aromatic carbocycles. The summed E-state index contributed by atoms with van der Waals surface area (Å²) in [5, 5.41) is 28.7. The summed E-state index contributed by atoms with van der Waals surface area (Å²) >= 11 is 7.50. The van der Waals surface area contributed by atoms with Gasteiger partial charge in [-0.2, -0.15) is 0 Å². The third kappa shape index (κ3) is 9.47. The zero-order valence-electron chi connectivity index (χ0n) is 68.0. The van der Waals surface area contributed by atoms with E-state index >= 15 is 0 Å². The highest BCUT2D eigenvalue weighted by Crippen LogP contribution is 2.54. The van der Waals surface area contributed by atoms with E-state index in [-0.39, 0.29) is 0 Å². The predicted octanol–water partition coefficient (Wildman–Crippen LogP) is 33.2. The van der Waals surface area contributed by atoms with Gasteiger partial charge in [-0.15, -0.1) is 45.3 Å². The van der Waals surface area contributed by atoms with Gasteiger partial charge in [0, 0.05) is 161 Å². The standard InChI is InChI=1S/C39H20N2S2.2C38H19N3OS/c1-4-13-31-22(8-1)19-30-35-36-28(20-29-25-10-3-6-15-34(25)43-38(29)35)27-18-21(16-17-32(27)41(36)39(30)40-31)23-11-7-12-26-24-9-2-5-14-33(24)42-37(23)26;1-5-11-31-22(7-1)23-15-13-21(18-32(23)42-31)20-14-16-30-25(17-20)26-19-27-24-8-2-6-12-33(24)43-37(27)34-35-38(41(30)36(26)34)40-29-10-4-3-9-28(29)39-35;1-5-11-31-22(7-1)25-18-21(14-16-32(25)42-31)20-13-15-30-24(17-20)26-19-27-23-8-2-6-12-33(23)43-37(27)34-35-38(41(30)36(26)34)40-29-10-4-3-9-28(29)39-35/h1-20H;2*1-19H. The second kappa shape index (κ2) is 25.4. The molecule has 129 heavy (non-hydrogen) atoms. The lowest BCUT2D eigenvalue weighted by atomic mass is 9.99. The number of rotatable bonds is 3. The zero-order chi connectivity index (χ0) is 83.4. The SMILES string of the molecule is c1ccc2nc3c(cc2c1)c1c2sc4ccccc4c2cc2c4cc(-c5cccc6c5sc5ccccc56)ccc4n3c21.c1ccc2nc3c(nc2c1)c1c2sc4ccccc4c2cc2c4cc(-c5ccc6c(c5)oc5ccccc56)ccc4n3c21.c1ccc2nc3c(nc2c1)c1c2sc4ccccc4c2cc2c4cc(-c5ccc6oc7ccccc7c6c5)ccc4n3c21. The quantitative estimate of drug-likeness (QED) is 0.174. The van der Waals surface area contributed by atoms with E-state index in [1.165, 1.54) is 184 Å². The lowest BCUT2D eigenvalue weighted by molar-refractivity contribution is 0.668. The number of fused-ring (bicyclic) bond motifs is 42. The number of pyridine rings is 1. The summed E-state index contributed by atoms with van der Waals surface area (Å²) in [6.45, 7) is 0. The van der Waals surface area contributed by atoms with Crippen LogP contribution in [0.15, 0.2) is 361 Å². The van der Waals surface area contributed by atoms with Crippen LogP contribution in [0.1, 0.15) is 0 Å². The van der Waals surface area contributed by atoms with Gasteiger partial charge >= 0.3 is 0 Å². The highest BCUT2D eigenvalue weighted by molar-refractivity contribution is 7.28. The van der Waals surface area contributed by atoms with Crippen molar-refractivity contribution in [2.24, 2.45) is 0 Å². The molecule has 0 aliphatic rings. The Morgan fingerprint density at radius 2 is 0.566 bits per heavy atom. The first kappa shape index (κ1) is 69.3. The first-order valence-electron chi connectivity index (χ1n) is 43.4. The van der Waals surface area contributed by atoms with Crippen LogP contribution >= 0.6 is 45.3 Å². The van der Waals surface area contributed by atoms with Gasteiger partial charge in [0.15, 0.2) is 11.3 Å². The Balaban J connectivity index is 0.0000000919. The number of benzene rings is 18. The molecule has 33 aromatic rings. The monoisotopic (exact) mass is 1710 g/mol. The van der Waals surface area contributed by atoms with E-state index in [0.29, 0.717) is 0 Å². The fourth-order valence-corrected chi connectivity index (χ4v) is 26.8. The van der Waals surface area contributed by atoms with Gasteiger partial charge in [0.2, 0.25) is 0 Å². The fraction of sp³-hybridized carbons (Fsp3) is 0. The van der Waals surface area contributed by atoms with E-state index < -0.39 is 0 Å². The maximum atomic E-state index is 6.24. The molecule has 0 unspecified atom stereocenters. The normalized spacial score (nSPS) is 12.7. The van der Waals surface area contributed by atoms with Gasteiger partial charge in [-0.25, -0.2) is 24.9 Å². The summed E-state index contributed by atoms with van der Waals surface area (Å²) in [5.74, 6) is 0. The minimum atomic E-state index is 0.909. The fourth-order valence-electron chi connectivity index (χ4n) is 21.8. The smallest absolute Gasteiger partial charge is 0.165 e. The molecule has 0 aliphatic carbocycles. The number of thiophene rings is 4. The molecule has 0 amide bonds. The van der Waals surface area contributed by atoms with Crippen LogP contribution in [0.3, 0.4) is 0 Å². The minimum absolute atomic E-state index is 0.909. The Morgan fingerprint density at radius 3 is 1.12 bits per heavy atom. The third-order valence-electron chi connectivity index (χ3n) is 27.5.